The molecule has 0 heterocycles. The zero-order valence-corrected chi connectivity index (χ0v) is 25.6. The summed E-state index contributed by atoms with van der Waals surface area (Å²) in [7, 11) is -0.303. The summed E-state index contributed by atoms with van der Waals surface area (Å²) in [6.07, 6.45) is 27.7. The van der Waals surface area contributed by atoms with Crippen molar-refractivity contribution < 1.29 is 17.0 Å². The van der Waals surface area contributed by atoms with Crippen LogP contribution >= 0.6 is 0 Å². The van der Waals surface area contributed by atoms with Crippen LogP contribution in [0.1, 0.15) is 168 Å². The van der Waals surface area contributed by atoms with Crippen LogP contribution in [-0.4, -0.2) is 34.6 Å². The minimum Gasteiger partial charge on any atom is -0.323 e. The Morgan fingerprint density at radius 1 is 0.556 bits per heavy atom. The Morgan fingerprint density at radius 3 is 1.17 bits per heavy atom. The molecule has 220 valence electrons. The molecule has 0 aromatic carbocycles. The lowest BCUT2D eigenvalue weighted by Crippen LogP contribution is -2.19. The summed E-state index contributed by atoms with van der Waals surface area (Å²) in [5.41, 5.74) is -1.87. The SMILES string of the molecule is CCCCCCCCCCCCCCCCOS(=O)(=O)C(F)CCCCCCCCCCC.CNC. The van der Waals surface area contributed by atoms with Crippen LogP contribution in [0.5, 0.6) is 0 Å². The minimum atomic E-state index is -4.05. The van der Waals surface area contributed by atoms with Gasteiger partial charge >= 0.3 is 0 Å². The molecule has 6 heteroatoms. The number of nitrogens with one attached hydrogen (secondary N) is 1. The second kappa shape index (κ2) is 31.0. The second-order valence-corrected chi connectivity index (χ2v) is 12.2. The third-order valence-corrected chi connectivity index (χ3v) is 7.95. The number of rotatable bonds is 27. The average molecular weight is 538 g/mol. The molecule has 0 aliphatic carbocycles. The fraction of sp³-hybridized carbons (Fsp3) is 1.00. The first kappa shape index (κ1) is 37.9. The standard InChI is InChI=1S/C28H57FO3S.C2H7N/c1-3-5-7-9-11-13-14-15-16-17-19-21-23-25-27-32-33(30,31)28(29)26-24-22-20-18-12-10-8-6-4-2;1-3-2/h28H,3-27H2,1-2H3;3H,1-2H3. The fourth-order valence-electron chi connectivity index (χ4n) is 4.31. The third kappa shape index (κ3) is 30.0. The number of hydrogen-bond donors (Lipinski definition) is 1. The number of halogens is 1. The van der Waals surface area contributed by atoms with E-state index in [0.29, 0.717) is 12.8 Å². The van der Waals surface area contributed by atoms with Crippen LogP contribution in [0.25, 0.3) is 0 Å². The molecular formula is C30H64FNO3S. The van der Waals surface area contributed by atoms with E-state index in [9.17, 15) is 12.8 Å². The Bertz CT molecular complexity index is 502. The van der Waals surface area contributed by atoms with Gasteiger partial charge in [0.05, 0.1) is 6.61 Å². The molecule has 0 aromatic rings. The van der Waals surface area contributed by atoms with Gasteiger partial charge in [0.1, 0.15) is 0 Å². The summed E-state index contributed by atoms with van der Waals surface area (Å²) < 4.78 is 42.9. The summed E-state index contributed by atoms with van der Waals surface area (Å²) in [5.74, 6) is 0. The van der Waals surface area contributed by atoms with E-state index >= 15 is 0 Å². The fourth-order valence-corrected chi connectivity index (χ4v) is 5.26. The van der Waals surface area contributed by atoms with Gasteiger partial charge in [-0.15, -0.1) is 0 Å². The van der Waals surface area contributed by atoms with Gasteiger partial charge in [-0.1, -0.05) is 149 Å². The summed E-state index contributed by atoms with van der Waals surface area (Å²) in [4.78, 5) is 0. The highest BCUT2D eigenvalue weighted by atomic mass is 32.2. The number of hydrogen-bond acceptors (Lipinski definition) is 4. The van der Waals surface area contributed by atoms with Crippen molar-refractivity contribution in [2.45, 2.75) is 173 Å². The Labute approximate surface area is 226 Å². The quantitative estimate of drug-likeness (QED) is 0.0836. The topological polar surface area (TPSA) is 55.4 Å². The van der Waals surface area contributed by atoms with Crippen molar-refractivity contribution in [3.05, 3.63) is 0 Å². The van der Waals surface area contributed by atoms with Crippen LogP contribution in [0.2, 0.25) is 0 Å². The summed E-state index contributed by atoms with van der Waals surface area (Å²) in [6.45, 7) is 4.60. The van der Waals surface area contributed by atoms with E-state index in [4.69, 9.17) is 4.18 Å². The van der Waals surface area contributed by atoms with Gasteiger partial charge in [0, 0.05) is 0 Å². The third-order valence-electron chi connectivity index (χ3n) is 6.59. The lowest BCUT2D eigenvalue weighted by atomic mass is 10.0. The first-order valence-electron chi connectivity index (χ1n) is 15.6. The molecule has 1 atom stereocenters. The maximum Gasteiger partial charge on any atom is 0.299 e. The molecule has 0 saturated heterocycles. The maximum atomic E-state index is 14.1. The van der Waals surface area contributed by atoms with Crippen LogP contribution in [0, 0.1) is 0 Å². The van der Waals surface area contributed by atoms with Crippen molar-refractivity contribution in [1.82, 2.24) is 5.32 Å². The van der Waals surface area contributed by atoms with Crippen molar-refractivity contribution in [1.29, 1.82) is 0 Å². The maximum absolute atomic E-state index is 14.1. The van der Waals surface area contributed by atoms with E-state index in [1.54, 1.807) is 0 Å². The van der Waals surface area contributed by atoms with Gasteiger partial charge in [-0.3, -0.25) is 4.18 Å². The summed E-state index contributed by atoms with van der Waals surface area (Å²) in [5, 5.41) is 2.75. The molecule has 1 N–H and O–H groups in total. The molecule has 0 aliphatic heterocycles. The Kier molecular flexibility index (Phi) is 32.7. The monoisotopic (exact) mass is 537 g/mol. The molecule has 0 radical (unpaired) electrons. The Balaban J connectivity index is 0. The van der Waals surface area contributed by atoms with E-state index in [1.807, 2.05) is 14.1 Å². The van der Waals surface area contributed by atoms with Crippen molar-refractivity contribution >= 4 is 10.1 Å². The first-order valence-corrected chi connectivity index (χ1v) is 17.0. The molecular weight excluding hydrogens is 473 g/mol. The van der Waals surface area contributed by atoms with E-state index in [-0.39, 0.29) is 13.0 Å². The van der Waals surface area contributed by atoms with Crippen molar-refractivity contribution in [3.63, 3.8) is 0 Å². The van der Waals surface area contributed by atoms with Crippen LogP contribution in [0.15, 0.2) is 0 Å². The number of unbranched alkanes of at least 4 members (excludes halogenated alkanes) is 21. The van der Waals surface area contributed by atoms with Crippen LogP contribution in [0.4, 0.5) is 4.39 Å². The van der Waals surface area contributed by atoms with Gasteiger partial charge in [0.15, 0.2) is 0 Å². The van der Waals surface area contributed by atoms with Gasteiger partial charge in [-0.2, -0.15) is 8.42 Å². The van der Waals surface area contributed by atoms with Crippen molar-refractivity contribution in [2.75, 3.05) is 20.7 Å². The minimum absolute atomic E-state index is 0.0664. The van der Waals surface area contributed by atoms with Crippen LogP contribution < -0.4 is 5.32 Å². The summed E-state index contributed by atoms with van der Waals surface area (Å²) >= 11 is 0. The van der Waals surface area contributed by atoms with E-state index in [1.165, 1.54) is 109 Å². The summed E-state index contributed by atoms with van der Waals surface area (Å²) in [6, 6.07) is 0. The molecule has 0 aliphatic rings. The van der Waals surface area contributed by atoms with Gasteiger partial charge in [-0.25, -0.2) is 4.39 Å². The van der Waals surface area contributed by atoms with Gasteiger partial charge in [0.2, 0.25) is 5.50 Å². The first-order chi connectivity index (χ1) is 17.5. The highest BCUT2D eigenvalue weighted by molar-refractivity contribution is 7.87. The molecule has 0 bridgehead atoms. The molecule has 0 spiro atoms. The normalized spacial score (nSPS) is 12.4. The molecule has 0 saturated carbocycles. The molecule has 4 nitrogen and oxygen atoms in total. The zero-order valence-electron chi connectivity index (χ0n) is 24.8. The van der Waals surface area contributed by atoms with Gasteiger partial charge < -0.3 is 5.32 Å². The van der Waals surface area contributed by atoms with E-state index < -0.39 is 15.6 Å². The van der Waals surface area contributed by atoms with Crippen LogP contribution in [0.3, 0.4) is 0 Å². The lowest BCUT2D eigenvalue weighted by Gasteiger charge is -2.10. The molecule has 36 heavy (non-hydrogen) atoms. The molecule has 1 unspecified atom stereocenters. The molecule has 0 aromatic heterocycles. The van der Waals surface area contributed by atoms with Crippen LogP contribution in [-0.2, 0) is 14.3 Å². The van der Waals surface area contributed by atoms with Gasteiger partial charge in [0.25, 0.3) is 10.1 Å². The Hall–Kier alpha value is -0.200. The van der Waals surface area contributed by atoms with E-state index in [0.717, 1.165) is 25.7 Å². The van der Waals surface area contributed by atoms with Gasteiger partial charge in [-0.05, 0) is 33.4 Å². The highest BCUT2D eigenvalue weighted by Crippen LogP contribution is 2.18. The predicted octanol–water partition coefficient (Wildman–Crippen LogP) is 9.87. The largest absolute Gasteiger partial charge is 0.323 e. The van der Waals surface area contributed by atoms with Crippen molar-refractivity contribution in [3.8, 4) is 0 Å². The Morgan fingerprint density at radius 2 is 0.833 bits per heavy atom. The zero-order chi connectivity index (χ0) is 27.2. The van der Waals surface area contributed by atoms with Crippen molar-refractivity contribution in [2.24, 2.45) is 0 Å². The molecule has 0 fully saturated rings. The highest BCUT2D eigenvalue weighted by Gasteiger charge is 2.25. The van der Waals surface area contributed by atoms with E-state index in [2.05, 4.69) is 19.2 Å². The average Bonchev–Trinajstić information content (AvgIpc) is 2.85. The smallest absolute Gasteiger partial charge is 0.299 e. The molecule has 0 rings (SSSR count). The number of alkyl halides is 1. The predicted molar refractivity (Wildman–Crippen MR) is 157 cm³/mol. The lowest BCUT2D eigenvalue weighted by molar-refractivity contribution is 0.270. The molecule has 0 amide bonds. The second-order valence-electron chi connectivity index (χ2n) is 10.4.